The lowest BCUT2D eigenvalue weighted by molar-refractivity contribution is 0.491. The van der Waals surface area contributed by atoms with Crippen molar-refractivity contribution in [3.05, 3.63) is 35.4 Å². The van der Waals surface area contributed by atoms with Gasteiger partial charge in [0.15, 0.2) is 11.6 Å². The van der Waals surface area contributed by atoms with Crippen molar-refractivity contribution in [1.82, 2.24) is 0 Å². The maximum atomic E-state index is 13.2. The zero-order valence-electron chi connectivity index (χ0n) is 8.06. The van der Waals surface area contributed by atoms with Gasteiger partial charge in [0.2, 0.25) is 0 Å². The van der Waals surface area contributed by atoms with E-state index in [-0.39, 0.29) is 0 Å². The average Bonchev–Trinajstić information content (AvgIpc) is 2.20. The molecule has 0 radical (unpaired) electrons. The Kier molecular flexibility index (Phi) is 4.52. The van der Waals surface area contributed by atoms with Crippen molar-refractivity contribution in [2.75, 3.05) is 5.33 Å². The zero-order chi connectivity index (χ0) is 10.6. The molecule has 0 aliphatic heterocycles. The lowest BCUT2D eigenvalue weighted by Gasteiger charge is -2.07. The number of halogens is 3. The highest BCUT2D eigenvalue weighted by Gasteiger charge is 2.08. The Morgan fingerprint density at radius 1 is 1.36 bits per heavy atom. The molecular weight excluding hydrogens is 250 g/mol. The molecule has 0 saturated heterocycles. The standard InChI is InChI=1S/C11H13BrF2/c1-8(7-12)5-6-9-3-2-4-10(13)11(9)14/h2-4,8H,5-7H2,1H3. The SMILES string of the molecule is CC(CBr)CCc1cccc(F)c1F. The summed E-state index contributed by atoms with van der Waals surface area (Å²) in [5.74, 6) is -0.971. The molecule has 1 aromatic carbocycles. The summed E-state index contributed by atoms with van der Waals surface area (Å²) < 4.78 is 26.0. The number of alkyl halides is 1. The minimum Gasteiger partial charge on any atom is -0.204 e. The van der Waals surface area contributed by atoms with Gasteiger partial charge in [0.25, 0.3) is 0 Å². The maximum Gasteiger partial charge on any atom is 0.162 e. The fraction of sp³-hybridized carbons (Fsp3) is 0.455. The van der Waals surface area contributed by atoms with Crippen molar-refractivity contribution in [2.24, 2.45) is 5.92 Å². The molecule has 0 nitrogen and oxygen atoms in total. The molecule has 1 aromatic rings. The molecule has 78 valence electrons. The van der Waals surface area contributed by atoms with Crippen LogP contribution in [-0.2, 0) is 6.42 Å². The third kappa shape index (κ3) is 3.05. The molecule has 0 amide bonds. The smallest absolute Gasteiger partial charge is 0.162 e. The third-order valence-corrected chi connectivity index (χ3v) is 3.31. The van der Waals surface area contributed by atoms with Crippen LogP contribution < -0.4 is 0 Å². The summed E-state index contributed by atoms with van der Waals surface area (Å²) in [6.07, 6.45) is 1.46. The van der Waals surface area contributed by atoms with Crippen molar-refractivity contribution in [3.8, 4) is 0 Å². The molecule has 1 rings (SSSR count). The van der Waals surface area contributed by atoms with E-state index in [1.165, 1.54) is 0 Å². The molecule has 1 atom stereocenters. The van der Waals surface area contributed by atoms with Crippen molar-refractivity contribution in [2.45, 2.75) is 19.8 Å². The molecule has 0 spiro atoms. The summed E-state index contributed by atoms with van der Waals surface area (Å²) in [6.45, 7) is 2.08. The fourth-order valence-electron chi connectivity index (χ4n) is 1.22. The lowest BCUT2D eigenvalue weighted by atomic mass is 10.0. The summed E-state index contributed by atoms with van der Waals surface area (Å²) in [4.78, 5) is 0. The lowest BCUT2D eigenvalue weighted by Crippen LogP contribution is -2.01. The van der Waals surface area contributed by atoms with Crippen LogP contribution >= 0.6 is 15.9 Å². The minimum absolute atomic E-state index is 0.470. The van der Waals surface area contributed by atoms with E-state index in [0.29, 0.717) is 17.9 Å². The van der Waals surface area contributed by atoms with Gasteiger partial charge in [0.05, 0.1) is 0 Å². The quantitative estimate of drug-likeness (QED) is 0.722. The van der Waals surface area contributed by atoms with E-state index in [1.807, 2.05) is 0 Å². The molecule has 0 aromatic heterocycles. The van der Waals surface area contributed by atoms with Crippen LogP contribution in [0.25, 0.3) is 0 Å². The second kappa shape index (κ2) is 5.44. The molecule has 3 heteroatoms. The summed E-state index contributed by atoms with van der Waals surface area (Å²) >= 11 is 3.35. The predicted molar refractivity (Wildman–Crippen MR) is 57.6 cm³/mol. The van der Waals surface area contributed by atoms with Crippen LogP contribution in [0.2, 0.25) is 0 Å². The Bertz CT molecular complexity index is 299. The predicted octanol–water partition coefficient (Wildman–Crippen LogP) is 3.93. The molecule has 0 bridgehead atoms. The van der Waals surface area contributed by atoms with Crippen LogP contribution in [0.15, 0.2) is 18.2 Å². The first-order valence-corrected chi connectivity index (χ1v) is 5.76. The highest BCUT2D eigenvalue weighted by atomic mass is 79.9. The van der Waals surface area contributed by atoms with Gasteiger partial charge in [0, 0.05) is 5.33 Å². The highest BCUT2D eigenvalue weighted by molar-refractivity contribution is 9.09. The number of rotatable bonds is 4. The number of hydrogen-bond acceptors (Lipinski definition) is 0. The first-order valence-electron chi connectivity index (χ1n) is 4.64. The second-order valence-corrected chi connectivity index (χ2v) is 4.16. The van der Waals surface area contributed by atoms with Crippen LogP contribution in [0.5, 0.6) is 0 Å². The van der Waals surface area contributed by atoms with Gasteiger partial charge in [0.1, 0.15) is 0 Å². The normalized spacial score (nSPS) is 12.9. The molecule has 0 aliphatic carbocycles. The van der Waals surface area contributed by atoms with E-state index in [4.69, 9.17) is 0 Å². The topological polar surface area (TPSA) is 0 Å². The van der Waals surface area contributed by atoms with E-state index < -0.39 is 11.6 Å². The van der Waals surface area contributed by atoms with Gasteiger partial charge in [-0.15, -0.1) is 0 Å². The molecule has 0 N–H and O–H groups in total. The Hall–Kier alpha value is -0.440. The number of aryl methyl sites for hydroxylation is 1. The largest absolute Gasteiger partial charge is 0.204 e. The summed E-state index contributed by atoms with van der Waals surface area (Å²) in [7, 11) is 0. The van der Waals surface area contributed by atoms with Gasteiger partial charge >= 0.3 is 0 Å². The third-order valence-electron chi connectivity index (χ3n) is 2.20. The van der Waals surface area contributed by atoms with Crippen molar-refractivity contribution < 1.29 is 8.78 Å². The monoisotopic (exact) mass is 262 g/mol. The Morgan fingerprint density at radius 2 is 2.07 bits per heavy atom. The first-order chi connectivity index (χ1) is 6.65. The van der Waals surface area contributed by atoms with Gasteiger partial charge in [-0.3, -0.25) is 0 Å². The maximum absolute atomic E-state index is 13.2. The van der Waals surface area contributed by atoms with Crippen molar-refractivity contribution in [3.63, 3.8) is 0 Å². The van der Waals surface area contributed by atoms with E-state index in [2.05, 4.69) is 22.9 Å². The van der Waals surface area contributed by atoms with Crippen LogP contribution in [0.1, 0.15) is 18.9 Å². The van der Waals surface area contributed by atoms with Gasteiger partial charge < -0.3 is 0 Å². The summed E-state index contributed by atoms with van der Waals surface area (Å²) in [5, 5.41) is 0.893. The number of benzene rings is 1. The van der Waals surface area contributed by atoms with Crippen LogP contribution in [0.3, 0.4) is 0 Å². The second-order valence-electron chi connectivity index (χ2n) is 3.51. The van der Waals surface area contributed by atoms with E-state index in [0.717, 1.165) is 17.8 Å². The molecule has 0 fully saturated rings. The number of hydrogen-bond donors (Lipinski definition) is 0. The van der Waals surface area contributed by atoms with Crippen LogP contribution in [0.4, 0.5) is 8.78 Å². The minimum atomic E-state index is -0.756. The average molecular weight is 263 g/mol. The Labute approximate surface area is 91.5 Å². The summed E-state index contributed by atoms with van der Waals surface area (Å²) in [6, 6.07) is 4.33. The van der Waals surface area contributed by atoms with E-state index in [1.54, 1.807) is 12.1 Å². The zero-order valence-corrected chi connectivity index (χ0v) is 9.65. The molecule has 14 heavy (non-hydrogen) atoms. The van der Waals surface area contributed by atoms with Crippen molar-refractivity contribution >= 4 is 15.9 Å². The van der Waals surface area contributed by atoms with Gasteiger partial charge in [-0.05, 0) is 30.4 Å². The fourth-order valence-corrected chi connectivity index (χ4v) is 1.54. The van der Waals surface area contributed by atoms with Crippen molar-refractivity contribution in [1.29, 1.82) is 0 Å². The Morgan fingerprint density at radius 3 is 2.71 bits per heavy atom. The van der Waals surface area contributed by atoms with Crippen LogP contribution in [0, 0.1) is 17.6 Å². The van der Waals surface area contributed by atoms with Gasteiger partial charge in [-0.1, -0.05) is 35.0 Å². The van der Waals surface area contributed by atoms with Gasteiger partial charge in [-0.25, -0.2) is 8.78 Å². The highest BCUT2D eigenvalue weighted by Crippen LogP contribution is 2.16. The molecule has 1 unspecified atom stereocenters. The van der Waals surface area contributed by atoms with Crippen LogP contribution in [-0.4, -0.2) is 5.33 Å². The first kappa shape index (κ1) is 11.6. The molecular formula is C11H13BrF2. The van der Waals surface area contributed by atoms with E-state index in [9.17, 15) is 8.78 Å². The Balaban J connectivity index is 2.63. The van der Waals surface area contributed by atoms with Gasteiger partial charge in [-0.2, -0.15) is 0 Å². The van der Waals surface area contributed by atoms with E-state index >= 15 is 0 Å². The summed E-state index contributed by atoms with van der Waals surface area (Å²) in [5.41, 5.74) is 0.470. The molecule has 0 saturated carbocycles. The molecule has 0 heterocycles. The molecule has 0 aliphatic rings.